The highest BCUT2D eigenvalue weighted by Gasteiger charge is 2.35. The maximum atomic E-state index is 12.6. The Kier molecular flexibility index (Phi) is 3.89. The van der Waals surface area contributed by atoms with Crippen molar-refractivity contribution in [2.75, 3.05) is 7.11 Å². The molecule has 1 aliphatic rings. The van der Waals surface area contributed by atoms with Gasteiger partial charge in [0.1, 0.15) is 16.4 Å². The highest BCUT2D eigenvalue weighted by molar-refractivity contribution is 6.31. The van der Waals surface area contributed by atoms with E-state index < -0.39 is 0 Å². The Morgan fingerprint density at radius 2 is 1.73 bits per heavy atom. The number of fused-ring (bicyclic) bond motifs is 2. The molecule has 4 rings (SSSR count). The zero-order valence-electron chi connectivity index (χ0n) is 14.2. The molecule has 26 heavy (non-hydrogen) atoms. The molecule has 5 nitrogen and oxygen atoms in total. The van der Waals surface area contributed by atoms with Gasteiger partial charge in [-0.3, -0.25) is 14.5 Å². The van der Waals surface area contributed by atoms with Gasteiger partial charge in [0.2, 0.25) is 0 Å². The first-order chi connectivity index (χ1) is 12.5. The molecule has 2 heterocycles. The first kappa shape index (κ1) is 16.5. The summed E-state index contributed by atoms with van der Waals surface area (Å²) in [5.41, 5.74) is 3.11. The summed E-state index contributed by atoms with van der Waals surface area (Å²) in [6.07, 6.45) is 0. The number of amides is 2. The average molecular weight is 367 g/mol. The van der Waals surface area contributed by atoms with Crippen molar-refractivity contribution in [3.8, 4) is 5.75 Å². The summed E-state index contributed by atoms with van der Waals surface area (Å²) in [4.78, 5) is 30.8. The number of aryl methyl sites for hydroxylation is 1. The number of carbonyl (C=O) groups is 2. The van der Waals surface area contributed by atoms with Crippen LogP contribution in [0.5, 0.6) is 5.75 Å². The van der Waals surface area contributed by atoms with E-state index in [1.165, 1.54) is 4.90 Å². The third-order valence-corrected chi connectivity index (χ3v) is 4.95. The number of ether oxygens (including phenoxy) is 1. The number of nitrogens with zero attached hydrogens (tertiary/aromatic N) is 2. The Bertz CT molecular complexity index is 1040. The molecule has 0 saturated carbocycles. The van der Waals surface area contributed by atoms with E-state index in [4.69, 9.17) is 16.3 Å². The molecule has 1 aromatic heterocycles. The zero-order chi connectivity index (χ0) is 18.4. The molecule has 0 fully saturated rings. The van der Waals surface area contributed by atoms with Crippen molar-refractivity contribution in [1.29, 1.82) is 0 Å². The Balaban J connectivity index is 1.77. The van der Waals surface area contributed by atoms with Gasteiger partial charge in [0.25, 0.3) is 11.8 Å². The van der Waals surface area contributed by atoms with E-state index in [0.717, 1.165) is 10.9 Å². The molecule has 6 heteroatoms. The molecule has 0 N–H and O–H groups in total. The second-order valence-corrected chi connectivity index (χ2v) is 6.52. The van der Waals surface area contributed by atoms with Crippen LogP contribution in [0.15, 0.2) is 42.5 Å². The molecule has 2 amide bonds. The van der Waals surface area contributed by atoms with Crippen LogP contribution >= 0.6 is 11.6 Å². The van der Waals surface area contributed by atoms with E-state index >= 15 is 0 Å². The molecule has 0 atom stereocenters. The fraction of sp³-hybridized carbons (Fsp3) is 0.150. The predicted molar refractivity (Wildman–Crippen MR) is 98.7 cm³/mol. The summed E-state index contributed by atoms with van der Waals surface area (Å²) >= 11 is 6.35. The molecule has 0 spiro atoms. The van der Waals surface area contributed by atoms with Gasteiger partial charge in [-0.1, -0.05) is 29.8 Å². The van der Waals surface area contributed by atoms with Gasteiger partial charge in [0, 0.05) is 10.9 Å². The number of carbonyl (C=O) groups excluding carboxylic acids is 2. The SMILES string of the molecule is COc1ccc(C)c2cc(CN3C(=O)c4ccccc4C3=O)c(Cl)nc12. The molecule has 3 aromatic rings. The van der Waals surface area contributed by atoms with Crippen LogP contribution in [0.3, 0.4) is 0 Å². The Labute approximate surface area is 155 Å². The molecule has 2 aromatic carbocycles. The van der Waals surface area contributed by atoms with Gasteiger partial charge < -0.3 is 4.74 Å². The van der Waals surface area contributed by atoms with Gasteiger partial charge in [0.05, 0.1) is 24.8 Å². The van der Waals surface area contributed by atoms with Crippen LogP contribution in [0.4, 0.5) is 0 Å². The fourth-order valence-electron chi connectivity index (χ4n) is 3.22. The molecule has 1 aliphatic heterocycles. The summed E-state index contributed by atoms with van der Waals surface area (Å²) in [5.74, 6) is -0.00645. The number of hydrogen-bond donors (Lipinski definition) is 0. The number of aromatic nitrogens is 1. The summed E-state index contributed by atoms with van der Waals surface area (Å²) in [7, 11) is 1.58. The minimum atomic E-state index is -0.316. The molecule has 0 bridgehead atoms. The van der Waals surface area contributed by atoms with E-state index in [0.29, 0.717) is 28.0 Å². The first-order valence-electron chi connectivity index (χ1n) is 8.09. The normalized spacial score (nSPS) is 13.4. The fourth-order valence-corrected chi connectivity index (χ4v) is 3.42. The van der Waals surface area contributed by atoms with Gasteiger partial charge >= 0.3 is 0 Å². The van der Waals surface area contributed by atoms with Gasteiger partial charge in [-0.25, -0.2) is 4.98 Å². The van der Waals surface area contributed by atoms with Crippen molar-refractivity contribution in [3.63, 3.8) is 0 Å². The van der Waals surface area contributed by atoms with Crippen LogP contribution in [0.1, 0.15) is 31.8 Å². The monoisotopic (exact) mass is 366 g/mol. The summed E-state index contributed by atoms with van der Waals surface area (Å²) < 4.78 is 5.35. The number of rotatable bonds is 3. The van der Waals surface area contributed by atoms with Crippen molar-refractivity contribution < 1.29 is 14.3 Å². The van der Waals surface area contributed by atoms with Crippen molar-refractivity contribution in [2.45, 2.75) is 13.5 Å². The van der Waals surface area contributed by atoms with E-state index in [-0.39, 0.29) is 23.5 Å². The van der Waals surface area contributed by atoms with E-state index in [1.807, 2.05) is 25.1 Å². The quantitative estimate of drug-likeness (QED) is 0.519. The summed E-state index contributed by atoms with van der Waals surface area (Å²) in [6.45, 7) is 2.04. The first-order valence-corrected chi connectivity index (χ1v) is 8.47. The molecule has 0 aliphatic carbocycles. The van der Waals surface area contributed by atoms with Gasteiger partial charge in [-0.15, -0.1) is 0 Å². The lowest BCUT2D eigenvalue weighted by molar-refractivity contribution is 0.0642. The minimum Gasteiger partial charge on any atom is -0.494 e. The molecule has 0 saturated heterocycles. The third-order valence-electron chi connectivity index (χ3n) is 4.62. The van der Waals surface area contributed by atoms with Crippen LogP contribution in [0.2, 0.25) is 5.15 Å². The second-order valence-electron chi connectivity index (χ2n) is 6.16. The Morgan fingerprint density at radius 1 is 1.08 bits per heavy atom. The molecule has 0 radical (unpaired) electrons. The lowest BCUT2D eigenvalue weighted by atomic mass is 10.1. The number of methoxy groups -OCH3 is 1. The van der Waals surface area contributed by atoms with Crippen LogP contribution in [-0.2, 0) is 6.54 Å². The van der Waals surface area contributed by atoms with Crippen LogP contribution in [0, 0.1) is 6.92 Å². The second kappa shape index (κ2) is 6.11. The number of pyridine rings is 1. The highest BCUT2D eigenvalue weighted by Crippen LogP contribution is 2.32. The minimum absolute atomic E-state index is 0.0742. The smallest absolute Gasteiger partial charge is 0.261 e. The molecule has 130 valence electrons. The number of halogens is 1. The van der Waals surface area contributed by atoms with E-state index in [9.17, 15) is 9.59 Å². The van der Waals surface area contributed by atoms with Crippen LogP contribution < -0.4 is 4.74 Å². The lowest BCUT2D eigenvalue weighted by Gasteiger charge is -2.16. The van der Waals surface area contributed by atoms with E-state index in [2.05, 4.69) is 4.98 Å². The zero-order valence-corrected chi connectivity index (χ0v) is 15.0. The molecular weight excluding hydrogens is 352 g/mol. The maximum Gasteiger partial charge on any atom is 0.261 e. The summed E-state index contributed by atoms with van der Waals surface area (Å²) in [6, 6.07) is 12.4. The Morgan fingerprint density at radius 3 is 2.35 bits per heavy atom. The number of benzene rings is 2. The number of hydrogen-bond acceptors (Lipinski definition) is 4. The Hall–Kier alpha value is -2.92. The van der Waals surface area contributed by atoms with E-state index in [1.54, 1.807) is 31.4 Å². The summed E-state index contributed by atoms with van der Waals surface area (Å²) in [5, 5.41) is 1.12. The predicted octanol–water partition coefficient (Wildman–Crippen LogP) is 4.00. The average Bonchev–Trinajstić information content (AvgIpc) is 2.88. The highest BCUT2D eigenvalue weighted by atomic mass is 35.5. The van der Waals surface area contributed by atoms with Gasteiger partial charge in [-0.05, 0) is 36.8 Å². The van der Waals surface area contributed by atoms with Crippen molar-refractivity contribution in [2.24, 2.45) is 0 Å². The van der Waals surface area contributed by atoms with Crippen LogP contribution in [0.25, 0.3) is 10.9 Å². The number of imide groups is 1. The van der Waals surface area contributed by atoms with Gasteiger partial charge in [0.15, 0.2) is 0 Å². The third kappa shape index (κ3) is 2.44. The lowest BCUT2D eigenvalue weighted by Crippen LogP contribution is -2.29. The van der Waals surface area contributed by atoms with Crippen molar-refractivity contribution >= 4 is 34.3 Å². The standard InChI is InChI=1S/C20H15ClN2O3/c1-11-7-8-16(26-2)17-15(11)9-12(18(21)22-17)10-23-19(24)13-5-3-4-6-14(13)20(23)25/h3-9H,10H2,1-2H3. The largest absolute Gasteiger partial charge is 0.494 e. The van der Waals surface area contributed by atoms with Gasteiger partial charge in [-0.2, -0.15) is 0 Å². The maximum absolute atomic E-state index is 12.6. The topological polar surface area (TPSA) is 59.5 Å². The molecular formula is C20H15ClN2O3. The molecule has 0 unspecified atom stereocenters. The van der Waals surface area contributed by atoms with Crippen molar-refractivity contribution in [3.05, 3.63) is 69.9 Å². The van der Waals surface area contributed by atoms with Crippen molar-refractivity contribution in [1.82, 2.24) is 9.88 Å². The van der Waals surface area contributed by atoms with Crippen LogP contribution in [-0.4, -0.2) is 28.8 Å².